The molecule has 1 N–H and O–H groups in total. The number of carbonyl (C=O) groups is 1. The largest absolute Gasteiger partial charge is 0.466 e. The molecule has 0 amide bonds. The van der Waals surface area contributed by atoms with Crippen molar-refractivity contribution in [1.82, 2.24) is 4.72 Å². The van der Waals surface area contributed by atoms with E-state index in [9.17, 15) is 13.2 Å². The summed E-state index contributed by atoms with van der Waals surface area (Å²) >= 11 is 0. The molecule has 0 aliphatic carbocycles. The molecule has 0 rings (SSSR count). The second-order valence-corrected chi connectivity index (χ2v) is 5.05. The van der Waals surface area contributed by atoms with Gasteiger partial charge in [-0.15, -0.1) is 0 Å². The number of rotatable bonds is 8. The topological polar surface area (TPSA) is 72.5 Å². The molecule has 0 aromatic heterocycles. The highest BCUT2D eigenvalue weighted by Gasteiger charge is 2.08. The molecule has 0 radical (unpaired) electrons. The standard InChI is InChI=1S/C9H19NO4S/c1-3-8-15(12,13)10-7-5-6-9(11)14-4-2/h10H,3-8H2,1-2H3. The summed E-state index contributed by atoms with van der Waals surface area (Å²) in [5, 5.41) is 0. The molecule has 0 saturated carbocycles. The first-order valence-corrected chi connectivity index (χ1v) is 6.80. The lowest BCUT2D eigenvalue weighted by Gasteiger charge is -2.05. The van der Waals surface area contributed by atoms with Crippen LogP contribution in [0, 0.1) is 0 Å². The molecule has 0 aliphatic rings. The minimum atomic E-state index is -3.14. The molecule has 0 unspecified atom stereocenters. The number of hydrogen-bond acceptors (Lipinski definition) is 4. The summed E-state index contributed by atoms with van der Waals surface area (Å²) in [6, 6.07) is 0. The predicted molar refractivity (Wildman–Crippen MR) is 57.9 cm³/mol. The Morgan fingerprint density at radius 3 is 2.53 bits per heavy atom. The Bertz CT molecular complexity index is 274. The Balaban J connectivity index is 3.58. The minimum Gasteiger partial charge on any atom is -0.466 e. The molecular formula is C9H19NO4S. The van der Waals surface area contributed by atoms with Gasteiger partial charge in [-0.3, -0.25) is 4.79 Å². The van der Waals surface area contributed by atoms with E-state index in [1.54, 1.807) is 13.8 Å². The Hall–Kier alpha value is -0.620. The van der Waals surface area contributed by atoms with Crippen molar-refractivity contribution in [3.63, 3.8) is 0 Å². The third kappa shape index (κ3) is 8.38. The monoisotopic (exact) mass is 237 g/mol. The van der Waals surface area contributed by atoms with Crippen LogP contribution in [0.3, 0.4) is 0 Å². The molecule has 0 fully saturated rings. The van der Waals surface area contributed by atoms with E-state index in [0.29, 0.717) is 26.0 Å². The Morgan fingerprint density at radius 1 is 1.33 bits per heavy atom. The van der Waals surface area contributed by atoms with Crippen molar-refractivity contribution in [2.24, 2.45) is 0 Å². The number of ether oxygens (including phenoxy) is 1. The Labute approximate surface area is 91.2 Å². The van der Waals surface area contributed by atoms with Gasteiger partial charge in [0.2, 0.25) is 10.0 Å². The van der Waals surface area contributed by atoms with Gasteiger partial charge in [-0.05, 0) is 19.8 Å². The van der Waals surface area contributed by atoms with Crippen molar-refractivity contribution in [3.8, 4) is 0 Å². The highest BCUT2D eigenvalue weighted by atomic mass is 32.2. The van der Waals surface area contributed by atoms with E-state index in [1.165, 1.54) is 0 Å². The molecule has 0 atom stereocenters. The summed E-state index contributed by atoms with van der Waals surface area (Å²) < 4.78 is 29.5. The first-order valence-electron chi connectivity index (χ1n) is 5.14. The van der Waals surface area contributed by atoms with Crippen LogP contribution in [0.1, 0.15) is 33.1 Å². The SMILES string of the molecule is CCCS(=O)(=O)NCCCC(=O)OCC. The van der Waals surface area contributed by atoms with Gasteiger partial charge in [-0.2, -0.15) is 0 Å². The van der Waals surface area contributed by atoms with E-state index in [1.807, 2.05) is 0 Å². The number of esters is 1. The van der Waals surface area contributed by atoms with E-state index in [-0.39, 0.29) is 18.1 Å². The zero-order valence-electron chi connectivity index (χ0n) is 9.28. The maximum Gasteiger partial charge on any atom is 0.305 e. The molecule has 0 heterocycles. The van der Waals surface area contributed by atoms with Crippen LogP contribution in [-0.2, 0) is 19.6 Å². The molecule has 0 saturated heterocycles. The fraction of sp³-hybridized carbons (Fsp3) is 0.889. The second-order valence-electron chi connectivity index (χ2n) is 3.12. The minimum absolute atomic E-state index is 0.131. The fourth-order valence-electron chi connectivity index (χ4n) is 1.03. The maximum atomic E-state index is 11.2. The van der Waals surface area contributed by atoms with Gasteiger partial charge in [0.05, 0.1) is 12.4 Å². The Morgan fingerprint density at radius 2 is 2.00 bits per heavy atom. The Kier molecular flexibility index (Phi) is 7.33. The van der Waals surface area contributed by atoms with Crippen molar-refractivity contribution in [3.05, 3.63) is 0 Å². The average molecular weight is 237 g/mol. The molecule has 0 aromatic carbocycles. The number of carbonyl (C=O) groups excluding carboxylic acids is 1. The molecule has 0 spiro atoms. The van der Waals surface area contributed by atoms with E-state index < -0.39 is 10.0 Å². The highest BCUT2D eigenvalue weighted by molar-refractivity contribution is 7.89. The van der Waals surface area contributed by atoms with Gasteiger partial charge >= 0.3 is 5.97 Å². The zero-order valence-corrected chi connectivity index (χ0v) is 10.1. The lowest BCUT2D eigenvalue weighted by atomic mass is 10.3. The van der Waals surface area contributed by atoms with Crippen molar-refractivity contribution in [2.45, 2.75) is 33.1 Å². The van der Waals surface area contributed by atoms with Crippen LogP contribution in [0.4, 0.5) is 0 Å². The van der Waals surface area contributed by atoms with Gasteiger partial charge in [0.25, 0.3) is 0 Å². The van der Waals surface area contributed by atoms with Crippen LogP contribution >= 0.6 is 0 Å². The predicted octanol–water partition coefficient (Wildman–Crippen LogP) is 0.659. The first-order chi connectivity index (χ1) is 7.02. The lowest BCUT2D eigenvalue weighted by molar-refractivity contribution is -0.143. The summed E-state index contributed by atoms with van der Waals surface area (Å²) in [6.45, 7) is 4.20. The third-order valence-corrected chi connectivity index (χ3v) is 3.25. The smallest absolute Gasteiger partial charge is 0.305 e. The van der Waals surface area contributed by atoms with Crippen LogP contribution in [0.15, 0.2) is 0 Å². The third-order valence-electron chi connectivity index (χ3n) is 1.66. The summed E-state index contributed by atoms with van der Waals surface area (Å²) in [7, 11) is -3.14. The number of hydrogen-bond donors (Lipinski definition) is 1. The van der Waals surface area contributed by atoms with E-state index in [2.05, 4.69) is 4.72 Å². The van der Waals surface area contributed by atoms with Crippen molar-refractivity contribution in [1.29, 1.82) is 0 Å². The normalized spacial score (nSPS) is 11.3. The number of nitrogens with one attached hydrogen (secondary N) is 1. The number of sulfonamides is 1. The summed E-state index contributed by atoms with van der Waals surface area (Å²) in [4.78, 5) is 10.9. The molecule has 0 bridgehead atoms. The van der Waals surface area contributed by atoms with Gasteiger partial charge in [0.15, 0.2) is 0 Å². The van der Waals surface area contributed by atoms with Gasteiger partial charge < -0.3 is 4.74 Å². The highest BCUT2D eigenvalue weighted by Crippen LogP contribution is 1.94. The van der Waals surface area contributed by atoms with Crippen LogP contribution in [-0.4, -0.2) is 33.3 Å². The first kappa shape index (κ1) is 14.4. The van der Waals surface area contributed by atoms with Crippen molar-refractivity contribution >= 4 is 16.0 Å². The maximum absolute atomic E-state index is 11.2. The van der Waals surface area contributed by atoms with Crippen LogP contribution in [0.5, 0.6) is 0 Å². The summed E-state index contributed by atoms with van der Waals surface area (Å²) in [5.74, 6) is -0.154. The molecule has 90 valence electrons. The van der Waals surface area contributed by atoms with Crippen LogP contribution in [0.25, 0.3) is 0 Å². The van der Waals surface area contributed by atoms with Gasteiger partial charge in [-0.25, -0.2) is 13.1 Å². The van der Waals surface area contributed by atoms with Crippen LogP contribution in [0.2, 0.25) is 0 Å². The molecule has 0 aliphatic heterocycles. The zero-order chi connectivity index (χ0) is 11.7. The quantitative estimate of drug-likeness (QED) is 0.497. The van der Waals surface area contributed by atoms with E-state index >= 15 is 0 Å². The van der Waals surface area contributed by atoms with Gasteiger partial charge in [0.1, 0.15) is 0 Å². The van der Waals surface area contributed by atoms with Crippen molar-refractivity contribution < 1.29 is 17.9 Å². The summed E-state index contributed by atoms with van der Waals surface area (Å²) in [5.41, 5.74) is 0. The van der Waals surface area contributed by atoms with Crippen molar-refractivity contribution in [2.75, 3.05) is 18.9 Å². The summed E-state index contributed by atoms with van der Waals surface area (Å²) in [6.07, 6.45) is 1.32. The average Bonchev–Trinajstić information content (AvgIpc) is 2.13. The van der Waals surface area contributed by atoms with Gasteiger partial charge in [-0.1, -0.05) is 6.92 Å². The molecule has 6 heteroatoms. The van der Waals surface area contributed by atoms with E-state index in [4.69, 9.17) is 4.74 Å². The lowest BCUT2D eigenvalue weighted by Crippen LogP contribution is -2.27. The fourth-order valence-corrected chi connectivity index (χ4v) is 2.17. The molecular weight excluding hydrogens is 218 g/mol. The molecule has 5 nitrogen and oxygen atoms in total. The van der Waals surface area contributed by atoms with Gasteiger partial charge in [0, 0.05) is 13.0 Å². The second kappa shape index (κ2) is 7.64. The molecule has 0 aromatic rings. The molecule has 15 heavy (non-hydrogen) atoms. The van der Waals surface area contributed by atoms with Crippen LogP contribution < -0.4 is 4.72 Å². The van der Waals surface area contributed by atoms with E-state index in [0.717, 1.165) is 0 Å².